The summed E-state index contributed by atoms with van der Waals surface area (Å²) in [5.74, 6) is -2.18. The molecule has 0 radical (unpaired) electrons. The highest BCUT2D eigenvalue weighted by Gasteiger charge is 2.65. The number of fused-ring (bicyclic) bond motifs is 4. The fraction of sp³-hybridized carbons (Fsp3) is 0.308. The number of carbonyl (C=O) groups excluding carboxylic acids is 2. The summed E-state index contributed by atoms with van der Waals surface area (Å²) in [5, 5.41) is 11.0. The number of phenols is 1. The lowest BCUT2D eigenvalue weighted by Crippen LogP contribution is -2.49. The number of para-hydroxylation sites is 1. The second-order valence-corrected chi connectivity index (χ2v) is 10.7. The molecule has 6 rings (SSSR count). The summed E-state index contributed by atoms with van der Waals surface area (Å²) in [5.41, 5.74) is -0.423. The summed E-state index contributed by atoms with van der Waals surface area (Å²) < 4.78 is 4.53. The Labute approximate surface area is 214 Å². The van der Waals surface area contributed by atoms with Crippen LogP contribution in [-0.2, 0) is 23.2 Å². The summed E-state index contributed by atoms with van der Waals surface area (Å²) in [6.45, 7) is 1.93. The van der Waals surface area contributed by atoms with Crippen LogP contribution in [0.15, 0.2) is 74.2 Å². The maximum Gasteiger partial charge on any atom is 0.347 e. The number of aromatic hydroxyl groups is 1. The second kappa shape index (κ2) is 7.67. The van der Waals surface area contributed by atoms with Crippen molar-refractivity contribution in [3.05, 3.63) is 91.2 Å². The predicted molar refractivity (Wildman–Crippen MR) is 135 cm³/mol. The molecule has 2 fully saturated rings. The number of benzene rings is 2. The molecule has 2 aromatic carbocycles. The van der Waals surface area contributed by atoms with Crippen LogP contribution < -0.4 is 16.3 Å². The van der Waals surface area contributed by atoms with Gasteiger partial charge in [0.05, 0.1) is 29.6 Å². The Morgan fingerprint density at radius 3 is 2.47 bits per heavy atom. The molecule has 1 aliphatic carbocycles. The molecular formula is C26H23BrN4O5. The van der Waals surface area contributed by atoms with Crippen LogP contribution in [0.4, 0.5) is 5.69 Å². The molecule has 1 saturated heterocycles. The minimum Gasteiger partial charge on any atom is -0.508 e. The van der Waals surface area contributed by atoms with Crippen LogP contribution in [0.5, 0.6) is 5.75 Å². The molecule has 3 aromatic rings. The van der Waals surface area contributed by atoms with Crippen LogP contribution in [-0.4, -0.2) is 30.9 Å². The number of rotatable bonds is 2. The Bertz CT molecular complexity index is 1600. The van der Waals surface area contributed by atoms with Gasteiger partial charge in [0.25, 0.3) is 0 Å². The predicted octanol–water partition coefficient (Wildman–Crippen LogP) is 2.68. The van der Waals surface area contributed by atoms with E-state index in [-0.39, 0.29) is 30.5 Å². The molecular weight excluding hydrogens is 528 g/mol. The summed E-state index contributed by atoms with van der Waals surface area (Å²) in [6.07, 6.45) is 2.05. The quantitative estimate of drug-likeness (QED) is 0.390. The first-order valence-corrected chi connectivity index (χ1v) is 12.5. The number of anilines is 1. The van der Waals surface area contributed by atoms with Crippen molar-refractivity contribution in [2.45, 2.75) is 31.8 Å². The van der Waals surface area contributed by atoms with Gasteiger partial charge in [-0.3, -0.25) is 9.59 Å². The highest BCUT2D eigenvalue weighted by Crippen LogP contribution is 2.62. The van der Waals surface area contributed by atoms with Crippen LogP contribution in [0.3, 0.4) is 0 Å². The van der Waals surface area contributed by atoms with E-state index in [2.05, 4.69) is 15.9 Å². The Morgan fingerprint density at radius 2 is 1.75 bits per heavy atom. The zero-order valence-corrected chi connectivity index (χ0v) is 21.2. The second-order valence-electron chi connectivity index (χ2n) is 9.79. The van der Waals surface area contributed by atoms with E-state index >= 15 is 0 Å². The lowest BCUT2D eigenvalue weighted by molar-refractivity contribution is -0.129. The molecule has 3 heterocycles. The van der Waals surface area contributed by atoms with Crippen LogP contribution in [0.25, 0.3) is 0 Å². The van der Waals surface area contributed by atoms with Crippen LogP contribution in [0, 0.1) is 11.3 Å². The Morgan fingerprint density at radius 1 is 1.03 bits per heavy atom. The van der Waals surface area contributed by atoms with Crippen molar-refractivity contribution in [3.63, 3.8) is 0 Å². The number of allylic oxidation sites excluding steroid dienone is 2. The van der Waals surface area contributed by atoms with Crippen molar-refractivity contribution in [3.8, 4) is 5.75 Å². The third-order valence-electron chi connectivity index (χ3n) is 8.04. The van der Waals surface area contributed by atoms with Gasteiger partial charge in [-0.25, -0.2) is 28.4 Å². The highest BCUT2D eigenvalue weighted by atomic mass is 79.9. The van der Waals surface area contributed by atoms with Gasteiger partial charge in [0, 0.05) is 23.0 Å². The van der Waals surface area contributed by atoms with Gasteiger partial charge in [0.15, 0.2) is 0 Å². The van der Waals surface area contributed by atoms with Crippen LogP contribution in [0.1, 0.15) is 30.9 Å². The largest absolute Gasteiger partial charge is 0.508 e. The molecule has 1 aromatic heterocycles. The topological polar surface area (TPSA) is 107 Å². The molecule has 4 atom stereocenters. The number of imide groups is 1. The molecule has 184 valence electrons. The number of carbonyl (C=O) groups is 2. The van der Waals surface area contributed by atoms with Gasteiger partial charge in [-0.2, -0.15) is 0 Å². The van der Waals surface area contributed by atoms with Crippen molar-refractivity contribution in [2.75, 3.05) is 4.90 Å². The third kappa shape index (κ3) is 2.81. The molecule has 3 aliphatic rings. The first-order valence-electron chi connectivity index (χ1n) is 11.7. The lowest BCUT2D eigenvalue weighted by atomic mass is 9.56. The molecule has 10 heteroatoms. The molecule has 9 nitrogen and oxygen atoms in total. The standard InChI is InChI=1S/C26H23BrN4O5/c1-26-18(22(33)30(23(26)34)15-6-4-3-5-7-15)13-19-16(21(26)17-12-14(27)8-9-20(17)32)10-11-29-24(35)28(2)25(36)31(19)29/h3-10,12,18-19,21,32H,11,13H2,1-2H3/t18-,19+,21+,26+/m0/s1. The van der Waals surface area contributed by atoms with Gasteiger partial charge in [-0.05, 0) is 49.2 Å². The number of halogens is 1. The Hall–Kier alpha value is -3.66. The Kier molecular flexibility index (Phi) is 4.85. The smallest absolute Gasteiger partial charge is 0.347 e. The molecule has 0 unspecified atom stereocenters. The summed E-state index contributed by atoms with van der Waals surface area (Å²) in [6, 6.07) is 13.2. The van der Waals surface area contributed by atoms with E-state index in [1.54, 1.807) is 49.4 Å². The lowest BCUT2D eigenvalue weighted by Gasteiger charge is -2.47. The van der Waals surface area contributed by atoms with Gasteiger partial charge >= 0.3 is 11.4 Å². The molecule has 36 heavy (non-hydrogen) atoms. The van der Waals surface area contributed by atoms with Gasteiger partial charge in [0.1, 0.15) is 5.75 Å². The normalized spacial score (nSPS) is 26.9. The zero-order chi connectivity index (χ0) is 25.5. The van der Waals surface area contributed by atoms with Crippen LogP contribution >= 0.6 is 15.9 Å². The van der Waals surface area contributed by atoms with E-state index in [4.69, 9.17) is 0 Å². The number of phenolic OH excluding ortho intramolecular Hbond substituents is 1. The minimum absolute atomic E-state index is 0.00786. The molecule has 0 bridgehead atoms. The fourth-order valence-electron chi connectivity index (χ4n) is 6.31. The average Bonchev–Trinajstić information content (AvgIpc) is 3.21. The summed E-state index contributed by atoms with van der Waals surface area (Å²) in [4.78, 5) is 55.1. The van der Waals surface area contributed by atoms with Gasteiger partial charge in [-0.1, -0.05) is 40.2 Å². The molecule has 2 aliphatic heterocycles. The van der Waals surface area contributed by atoms with Crippen molar-refractivity contribution in [1.29, 1.82) is 0 Å². The SMILES string of the molecule is Cn1c(=O)n2n(c1=O)[C@@H]1C[C@H]3C(=O)N(c4ccccc4)C(=O)[C@@]3(C)[C@@H](c3cc(Br)ccc3O)C1=CC2. The van der Waals surface area contributed by atoms with Gasteiger partial charge in [-0.15, -0.1) is 0 Å². The van der Waals surface area contributed by atoms with Gasteiger partial charge < -0.3 is 5.11 Å². The van der Waals surface area contributed by atoms with E-state index in [0.29, 0.717) is 15.7 Å². The van der Waals surface area contributed by atoms with E-state index < -0.39 is 34.7 Å². The average molecular weight is 551 g/mol. The van der Waals surface area contributed by atoms with Crippen LogP contribution in [0.2, 0.25) is 0 Å². The number of nitrogens with zero attached hydrogens (tertiary/aromatic N) is 4. The van der Waals surface area contributed by atoms with E-state index in [1.165, 1.54) is 21.3 Å². The van der Waals surface area contributed by atoms with Crippen molar-refractivity contribution >= 4 is 33.4 Å². The first kappa shape index (κ1) is 22.8. The fourth-order valence-corrected chi connectivity index (χ4v) is 6.69. The van der Waals surface area contributed by atoms with E-state index in [1.807, 2.05) is 12.1 Å². The first-order chi connectivity index (χ1) is 17.2. The molecule has 1 N–H and O–H groups in total. The number of amides is 2. The maximum absolute atomic E-state index is 14.2. The number of aromatic nitrogens is 3. The molecule has 1 saturated carbocycles. The zero-order valence-electron chi connectivity index (χ0n) is 19.6. The summed E-state index contributed by atoms with van der Waals surface area (Å²) >= 11 is 3.47. The van der Waals surface area contributed by atoms with E-state index in [9.17, 15) is 24.3 Å². The van der Waals surface area contributed by atoms with Crippen molar-refractivity contribution < 1.29 is 14.7 Å². The maximum atomic E-state index is 14.2. The van der Waals surface area contributed by atoms with Gasteiger partial charge in [0.2, 0.25) is 11.8 Å². The highest BCUT2D eigenvalue weighted by molar-refractivity contribution is 9.10. The molecule has 2 amide bonds. The van der Waals surface area contributed by atoms with E-state index in [0.717, 1.165) is 10.1 Å². The number of hydrogen-bond donors (Lipinski definition) is 1. The van der Waals surface area contributed by atoms with Crippen molar-refractivity contribution in [1.82, 2.24) is 13.9 Å². The summed E-state index contributed by atoms with van der Waals surface area (Å²) in [7, 11) is 1.43. The van der Waals surface area contributed by atoms with Crippen molar-refractivity contribution in [2.24, 2.45) is 18.4 Å². The Balaban J connectivity index is 1.62. The number of hydrogen-bond acceptors (Lipinski definition) is 5. The monoisotopic (exact) mass is 550 g/mol. The molecule has 0 spiro atoms. The minimum atomic E-state index is -1.21. The third-order valence-corrected chi connectivity index (χ3v) is 8.54.